The predicted molar refractivity (Wildman–Crippen MR) is 115 cm³/mol. The van der Waals surface area contributed by atoms with Gasteiger partial charge in [-0.2, -0.15) is 5.10 Å². The largest absolute Gasteiger partial charge is 0.497 e. The molecular formula is C22H25N3O3S. The van der Waals surface area contributed by atoms with Crippen LogP contribution < -0.4 is 15.6 Å². The van der Waals surface area contributed by atoms with E-state index < -0.39 is 0 Å². The molecule has 0 saturated carbocycles. The standard InChI is InChI=1S/C22H25N3O3S/c1-15(2)19(23-21(26)13-16-6-8-17(28-3)9-7-16)14-25-22(27)11-10-18(24-25)20-5-4-12-29-20/h4-12,15,19H,13-14H2,1-3H3,(H,23,26)/t19-/m0/s1. The Morgan fingerprint density at radius 3 is 2.55 bits per heavy atom. The fraction of sp³-hybridized carbons (Fsp3) is 0.318. The van der Waals surface area contributed by atoms with E-state index >= 15 is 0 Å². The molecule has 7 heteroatoms. The zero-order valence-electron chi connectivity index (χ0n) is 16.8. The molecular weight excluding hydrogens is 386 g/mol. The van der Waals surface area contributed by atoms with E-state index in [-0.39, 0.29) is 29.8 Å². The Morgan fingerprint density at radius 2 is 1.93 bits per heavy atom. The van der Waals surface area contributed by atoms with Crippen molar-refractivity contribution in [1.29, 1.82) is 0 Å². The lowest BCUT2D eigenvalue weighted by atomic mass is 10.0. The summed E-state index contributed by atoms with van der Waals surface area (Å²) < 4.78 is 6.58. The highest BCUT2D eigenvalue weighted by Crippen LogP contribution is 2.21. The summed E-state index contributed by atoms with van der Waals surface area (Å²) in [5.41, 5.74) is 1.48. The van der Waals surface area contributed by atoms with Gasteiger partial charge in [0.15, 0.2) is 0 Å². The van der Waals surface area contributed by atoms with Gasteiger partial charge in [0, 0.05) is 6.07 Å². The number of rotatable bonds is 8. The van der Waals surface area contributed by atoms with Crippen LogP contribution in [0.2, 0.25) is 0 Å². The average Bonchev–Trinajstić information content (AvgIpc) is 3.24. The monoisotopic (exact) mass is 411 g/mol. The number of ether oxygens (including phenoxy) is 1. The van der Waals surface area contributed by atoms with Crippen molar-refractivity contribution in [2.45, 2.75) is 32.9 Å². The molecule has 0 aliphatic carbocycles. The van der Waals surface area contributed by atoms with Gasteiger partial charge in [0.05, 0.1) is 31.0 Å². The van der Waals surface area contributed by atoms with Gasteiger partial charge in [-0.15, -0.1) is 11.3 Å². The predicted octanol–water partition coefficient (Wildman–Crippen LogP) is 3.36. The number of hydrogen-bond donors (Lipinski definition) is 1. The van der Waals surface area contributed by atoms with E-state index in [0.717, 1.165) is 21.9 Å². The van der Waals surface area contributed by atoms with Crippen molar-refractivity contribution >= 4 is 17.2 Å². The van der Waals surface area contributed by atoms with E-state index in [2.05, 4.69) is 10.4 Å². The number of thiophene rings is 1. The molecule has 0 aliphatic heterocycles. The molecule has 0 fully saturated rings. The van der Waals surface area contributed by atoms with Crippen molar-refractivity contribution < 1.29 is 9.53 Å². The molecule has 1 atom stereocenters. The Bertz CT molecular complexity index is 995. The van der Waals surface area contributed by atoms with E-state index in [0.29, 0.717) is 6.54 Å². The van der Waals surface area contributed by atoms with Crippen molar-refractivity contribution in [1.82, 2.24) is 15.1 Å². The number of aromatic nitrogens is 2. The second-order valence-electron chi connectivity index (χ2n) is 7.16. The maximum atomic E-state index is 12.6. The summed E-state index contributed by atoms with van der Waals surface area (Å²) in [6, 6.07) is 14.4. The normalized spacial score (nSPS) is 12.0. The van der Waals surface area contributed by atoms with Gasteiger partial charge in [0.1, 0.15) is 11.4 Å². The first-order valence-corrected chi connectivity index (χ1v) is 10.4. The minimum atomic E-state index is -0.204. The highest BCUT2D eigenvalue weighted by molar-refractivity contribution is 7.13. The SMILES string of the molecule is COc1ccc(CC(=O)N[C@@H](Cn2nc(-c3cccs3)ccc2=O)C(C)C)cc1. The fourth-order valence-corrected chi connectivity index (χ4v) is 3.62. The van der Waals surface area contributed by atoms with Crippen LogP contribution in [0.1, 0.15) is 19.4 Å². The minimum absolute atomic E-state index is 0.0867. The maximum absolute atomic E-state index is 12.6. The van der Waals surface area contributed by atoms with Crippen LogP contribution in [0.5, 0.6) is 5.75 Å². The summed E-state index contributed by atoms with van der Waals surface area (Å²) in [6.07, 6.45) is 0.269. The maximum Gasteiger partial charge on any atom is 0.266 e. The third-order valence-electron chi connectivity index (χ3n) is 4.68. The third-order valence-corrected chi connectivity index (χ3v) is 5.58. The molecule has 1 aromatic carbocycles. The number of methoxy groups -OCH3 is 1. The lowest BCUT2D eigenvalue weighted by Crippen LogP contribution is -2.44. The smallest absolute Gasteiger partial charge is 0.266 e. The van der Waals surface area contributed by atoms with Gasteiger partial charge >= 0.3 is 0 Å². The molecule has 0 saturated heterocycles. The molecule has 29 heavy (non-hydrogen) atoms. The van der Waals surface area contributed by atoms with Crippen LogP contribution in [0.4, 0.5) is 0 Å². The first-order chi connectivity index (χ1) is 14.0. The Labute approximate surface area is 174 Å². The van der Waals surface area contributed by atoms with Gasteiger partial charge in [0.25, 0.3) is 5.56 Å². The average molecular weight is 412 g/mol. The van der Waals surface area contributed by atoms with Gasteiger partial charge in [-0.3, -0.25) is 9.59 Å². The van der Waals surface area contributed by atoms with Crippen LogP contribution in [0, 0.1) is 5.92 Å². The minimum Gasteiger partial charge on any atom is -0.497 e. The Kier molecular flexibility index (Phi) is 6.82. The summed E-state index contributed by atoms with van der Waals surface area (Å²) in [5, 5.41) is 9.53. The molecule has 1 N–H and O–H groups in total. The van der Waals surface area contributed by atoms with Crippen molar-refractivity contribution in [3.05, 3.63) is 69.8 Å². The number of nitrogens with zero attached hydrogens (tertiary/aromatic N) is 2. The van der Waals surface area contributed by atoms with Crippen molar-refractivity contribution in [2.24, 2.45) is 5.92 Å². The summed E-state index contributed by atoms with van der Waals surface area (Å²) in [5.74, 6) is 0.815. The van der Waals surface area contributed by atoms with E-state index in [4.69, 9.17) is 4.74 Å². The molecule has 1 amide bonds. The number of carbonyl (C=O) groups excluding carboxylic acids is 1. The van der Waals surface area contributed by atoms with Crippen molar-refractivity contribution in [2.75, 3.05) is 7.11 Å². The van der Waals surface area contributed by atoms with Crippen LogP contribution in [0.15, 0.2) is 58.7 Å². The van der Waals surface area contributed by atoms with Crippen molar-refractivity contribution in [3.63, 3.8) is 0 Å². The van der Waals surface area contributed by atoms with Crippen LogP contribution in [0.25, 0.3) is 10.6 Å². The highest BCUT2D eigenvalue weighted by atomic mass is 32.1. The van der Waals surface area contributed by atoms with Crippen LogP contribution in [0.3, 0.4) is 0 Å². The first-order valence-electron chi connectivity index (χ1n) is 9.50. The number of carbonyl (C=O) groups is 1. The Morgan fingerprint density at radius 1 is 1.17 bits per heavy atom. The number of hydrogen-bond acceptors (Lipinski definition) is 5. The van der Waals surface area contributed by atoms with Crippen LogP contribution >= 0.6 is 11.3 Å². The molecule has 2 heterocycles. The fourth-order valence-electron chi connectivity index (χ4n) is 2.93. The van der Waals surface area contributed by atoms with Crippen LogP contribution in [-0.4, -0.2) is 28.8 Å². The van der Waals surface area contributed by atoms with Gasteiger partial charge in [-0.1, -0.05) is 32.0 Å². The second kappa shape index (κ2) is 9.52. The third kappa shape index (κ3) is 5.54. The molecule has 2 aromatic heterocycles. The molecule has 0 aliphatic rings. The van der Waals surface area contributed by atoms with Gasteiger partial charge < -0.3 is 10.1 Å². The number of benzene rings is 1. The Hall–Kier alpha value is -2.93. The quantitative estimate of drug-likeness (QED) is 0.617. The molecule has 6 nitrogen and oxygen atoms in total. The van der Waals surface area contributed by atoms with Gasteiger partial charge in [-0.05, 0) is 41.1 Å². The molecule has 3 rings (SSSR count). The summed E-state index contributed by atoms with van der Waals surface area (Å²) in [6.45, 7) is 4.36. The van der Waals surface area contributed by atoms with E-state index in [1.807, 2.05) is 55.6 Å². The van der Waals surface area contributed by atoms with Crippen LogP contribution in [-0.2, 0) is 17.8 Å². The van der Waals surface area contributed by atoms with Crippen molar-refractivity contribution in [3.8, 4) is 16.3 Å². The molecule has 152 valence electrons. The topological polar surface area (TPSA) is 73.2 Å². The van der Waals surface area contributed by atoms with Gasteiger partial charge in [-0.25, -0.2) is 4.68 Å². The first kappa shape index (κ1) is 20.8. The molecule has 0 bridgehead atoms. The molecule has 0 spiro atoms. The highest BCUT2D eigenvalue weighted by Gasteiger charge is 2.19. The van der Waals surface area contributed by atoms with E-state index in [1.54, 1.807) is 24.5 Å². The molecule has 3 aromatic rings. The van der Waals surface area contributed by atoms with E-state index in [1.165, 1.54) is 10.7 Å². The van der Waals surface area contributed by atoms with E-state index in [9.17, 15) is 9.59 Å². The molecule has 0 unspecified atom stereocenters. The summed E-state index contributed by atoms with van der Waals surface area (Å²) >= 11 is 1.57. The second-order valence-corrected chi connectivity index (χ2v) is 8.11. The zero-order chi connectivity index (χ0) is 20.8. The lowest BCUT2D eigenvalue weighted by molar-refractivity contribution is -0.121. The Balaban J connectivity index is 1.70. The number of amides is 1. The molecule has 0 radical (unpaired) electrons. The van der Waals surface area contributed by atoms with Gasteiger partial charge in [0.2, 0.25) is 5.91 Å². The summed E-state index contributed by atoms with van der Waals surface area (Å²) in [7, 11) is 1.61. The number of nitrogens with one attached hydrogen (secondary N) is 1. The zero-order valence-corrected chi connectivity index (χ0v) is 17.6. The summed E-state index contributed by atoms with van der Waals surface area (Å²) in [4.78, 5) is 25.9. The lowest BCUT2D eigenvalue weighted by Gasteiger charge is -2.23.